The van der Waals surface area contributed by atoms with E-state index in [1.54, 1.807) is 4.57 Å². The van der Waals surface area contributed by atoms with Crippen molar-refractivity contribution in [1.82, 2.24) is 19.7 Å². The molecule has 8 nitrogen and oxygen atoms in total. The van der Waals surface area contributed by atoms with Crippen LogP contribution in [0.15, 0.2) is 62.6 Å². The van der Waals surface area contributed by atoms with Gasteiger partial charge in [0.15, 0.2) is 11.6 Å². The molecular formula is C32H36N4O4. The molecule has 0 atom stereocenters. The van der Waals surface area contributed by atoms with Crippen LogP contribution < -0.4 is 11.3 Å². The van der Waals surface area contributed by atoms with Gasteiger partial charge in [-0.1, -0.05) is 86.3 Å². The molecular weight excluding hydrogens is 504 g/mol. The Hall–Kier alpha value is -4.07. The summed E-state index contributed by atoms with van der Waals surface area (Å²) >= 11 is 0. The van der Waals surface area contributed by atoms with Gasteiger partial charge in [0.1, 0.15) is 5.82 Å². The fourth-order valence-corrected chi connectivity index (χ4v) is 5.67. The van der Waals surface area contributed by atoms with Crippen molar-refractivity contribution in [2.24, 2.45) is 5.92 Å². The van der Waals surface area contributed by atoms with Crippen LogP contribution >= 0.6 is 0 Å². The molecule has 4 aromatic rings. The predicted octanol–water partition coefficient (Wildman–Crippen LogP) is 5.64. The van der Waals surface area contributed by atoms with Crippen molar-refractivity contribution in [3.63, 3.8) is 0 Å². The summed E-state index contributed by atoms with van der Waals surface area (Å²) in [7, 11) is 0. The first-order valence-electron chi connectivity index (χ1n) is 14.3. The standard InChI is InChI=1S/C32H36N4O4/c1-3-4-14-28-27(31(38)36(21(2)33-28)20-29(37)24-10-6-5-7-11-24)19-22-15-17-23(18-16-22)25-12-8-9-13-26(25)30-34-32(39)40-35-30/h8-9,12-13,15-18,24H,3-7,10-11,14,19-20H2,1-2H3,(H,34,35,39). The van der Waals surface area contributed by atoms with Gasteiger partial charge in [-0.2, -0.15) is 0 Å². The summed E-state index contributed by atoms with van der Waals surface area (Å²) in [6, 6.07) is 15.7. The number of hydrogen-bond donors (Lipinski definition) is 1. The Morgan fingerprint density at radius 1 is 1.02 bits per heavy atom. The Labute approximate surface area is 233 Å². The van der Waals surface area contributed by atoms with Gasteiger partial charge in [0.25, 0.3) is 5.56 Å². The highest BCUT2D eigenvalue weighted by molar-refractivity contribution is 5.81. The summed E-state index contributed by atoms with van der Waals surface area (Å²) in [6.45, 7) is 4.06. The molecule has 0 spiro atoms. The lowest BCUT2D eigenvalue weighted by Gasteiger charge is -2.22. The molecule has 8 heteroatoms. The number of unbranched alkanes of at least 4 members (excludes halogenated alkanes) is 1. The monoisotopic (exact) mass is 540 g/mol. The Morgan fingerprint density at radius 3 is 2.42 bits per heavy atom. The van der Waals surface area contributed by atoms with E-state index in [9.17, 15) is 14.4 Å². The number of benzene rings is 2. The second-order valence-corrected chi connectivity index (χ2v) is 10.7. The number of nitrogens with one attached hydrogen (secondary N) is 1. The maximum atomic E-state index is 13.8. The molecule has 0 unspecified atom stereocenters. The molecule has 1 N–H and O–H groups in total. The van der Waals surface area contributed by atoms with E-state index in [0.29, 0.717) is 23.6 Å². The van der Waals surface area contributed by atoms with E-state index in [1.807, 2.05) is 55.5 Å². The molecule has 0 aliphatic heterocycles. The van der Waals surface area contributed by atoms with Crippen molar-refractivity contribution in [2.45, 2.75) is 78.2 Å². The van der Waals surface area contributed by atoms with Crippen LogP contribution in [0.25, 0.3) is 22.5 Å². The highest BCUT2D eigenvalue weighted by Gasteiger charge is 2.24. The number of aromatic amines is 1. The molecule has 0 bridgehead atoms. The maximum Gasteiger partial charge on any atom is 0.439 e. The highest BCUT2D eigenvalue weighted by atomic mass is 16.5. The number of hydrogen-bond acceptors (Lipinski definition) is 6. The average Bonchev–Trinajstić information content (AvgIpc) is 3.42. The molecule has 40 heavy (non-hydrogen) atoms. The van der Waals surface area contributed by atoms with Crippen molar-refractivity contribution < 1.29 is 9.32 Å². The van der Waals surface area contributed by atoms with Gasteiger partial charge in [0.2, 0.25) is 0 Å². The van der Waals surface area contributed by atoms with Crippen molar-refractivity contribution in [3.05, 3.63) is 92.1 Å². The summed E-state index contributed by atoms with van der Waals surface area (Å²) in [5.41, 5.74) is 5.00. The third-order valence-corrected chi connectivity index (χ3v) is 7.95. The number of ketones is 1. The third-order valence-electron chi connectivity index (χ3n) is 7.95. The maximum absolute atomic E-state index is 13.8. The van der Waals surface area contributed by atoms with Gasteiger partial charge < -0.3 is 0 Å². The Kier molecular flexibility index (Phi) is 8.53. The zero-order valence-electron chi connectivity index (χ0n) is 23.2. The average molecular weight is 541 g/mol. The quantitative estimate of drug-likeness (QED) is 0.278. The minimum atomic E-state index is -0.600. The molecule has 2 heterocycles. The van der Waals surface area contributed by atoms with E-state index in [4.69, 9.17) is 9.51 Å². The molecule has 208 valence electrons. The summed E-state index contributed by atoms with van der Waals surface area (Å²) in [5.74, 6) is 0.585. The molecule has 1 aliphatic rings. The normalized spacial score (nSPS) is 13.9. The van der Waals surface area contributed by atoms with Gasteiger partial charge in [-0.15, -0.1) is 0 Å². The first-order chi connectivity index (χ1) is 19.4. The Morgan fingerprint density at radius 2 is 1.75 bits per heavy atom. The first kappa shape index (κ1) is 27.5. The van der Waals surface area contributed by atoms with Gasteiger partial charge in [0, 0.05) is 23.5 Å². The van der Waals surface area contributed by atoms with Crippen LogP contribution in [-0.2, 0) is 24.2 Å². The topological polar surface area (TPSA) is 111 Å². The molecule has 1 saturated carbocycles. The summed E-state index contributed by atoms with van der Waals surface area (Å²) < 4.78 is 6.29. The zero-order valence-corrected chi connectivity index (χ0v) is 23.2. The number of carbonyl (C=O) groups excluding carboxylic acids is 1. The lowest BCUT2D eigenvalue weighted by Crippen LogP contribution is -2.34. The second-order valence-electron chi connectivity index (χ2n) is 10.7. The van der Waals surface area contributed by atoms with E-state index in [2.05, 4.69) is 17.1 Å². The van der Waals surface area contributed by atoms with Crippen molar-refractivity contribution in [2.75, 3.05) is 0 Å². The first-order valence-corrected chi connectivity index (χ1v) is 14.3. The Balaban J connectivity index is 1.44. The van der Waals surface area contributed by atoms with E-state index < -0.39 is 5.76 Å². The largest absolute Gasteiger partial charge is 0.439 e. The van der Waals surface area contributed by atoms with Crippen LogP contribution in [0.5, 0.6) is 0 Å². The SMILES string of the molecule is CCCCc1nc(C)n(CC(=O)C2CCCCC2)c(=O)c1Cc1ccc(-c2ccccc2-c2noc(=O)[nH]2)cc1. The molecule has 2 aromatic heterocycles. The predicted molar refractivity (Wildman–Crippen MR) is 154 cm³/mol. The van der Waals surface area contributed by atoms with Crippen LogP contribution in [0.1, 0.15) is 74.5 Å². The summed E-state index contributed by atoms with van der Waals surface area (Å²) in [5, 5.41) is 3.84. The molecule has 1 aliphatic carbocycles. The van der Waals surface area contributed by atoms with Gasteiger partial charge in [-0.3, -0.25) is 23.7 Å². The van der Waals surface area contributed by atoms with Crippen molar-refractivity contribution in [1.29, 1.82) is 0 Å². The number of aryl methyl sites for hydroxylation is 2. The number of carbonyl (C=O) groups is 1. The number of rotatable bonds is 10. The van der Waals surface area contributed by atoms with Gasteiger partial charge >= 0.3 is 5.76 Å². The van der Waals surface area contributed by atoms with Crippen LogP contribution in [0.3, 0.4) is 0 Å². The highest BCUT2D eigenvalue weighted by Crippen LogP contribution is 2.30. The lowest BCUT2D eigenvalue weighted by molar-refractivity contribution is -0.124. The number of nitrogens with zero attached hydrogens (tertiary/aromatic N) is 3. The van der Waals surface area contributed by atoms with Gasteiger partial charge in [-0.05, 0) is 49.3 Å². The van der Waals surface area contributed by atoms with Gasteiger partial charge in [-0.25, -0.2) is 9.78 Å². The van der Waals surface area contributed by atoms with Crippen molar-refractivity contribution >= 4 is 5.78 Å². The summed E-state index contributed by atoms with van der Waals surface area (Å²) in [4.78, 5) is 45.9. The molecule has 5 rings (SSSR count). The third kappa shape index (κ3) is 6.06. The lowest BCUT2D eigenvalue weighted by atomic mass is 9.86. The fraction of sp³-hybridized carbons (Fsp3) is 0.406. The molecule has 0 radical (unpaired) electrons. The molecule has 1 fully saturated rings. The fourth-order valence-electron chi connectivity index (χ4n) is 5.67. The van der Waals surface area contributed by atoms with Crippen LogP contribution in [0.2, 0.25) is 0 Å². The van der Waals surface area contributed by atoms with Crippen molar-refractivity contribution in [3.8, 4) is 22.5 Å². The van der Waals surface area contributed by atoms with E-state index >= 15 is 0 Å². The molecule has 0 saturated heterocycles. The molecule has 0 amide bonds. The number of H-pyrrole nitrogens is 1. The van der Waals surface area contributed by atoms with Crippen LogP contribution in [0.4, 0.5) is 0 Å². The summed E-state index contributed by atoms with van der Waals surface area (Å²) in [6.07, 6.45) is 8.33. The second kappa shape index (κ2) is 12.4. The number of aromatic nitrogens is 4. The van der Waals surface area contributed by atoms with Gasteiger partial charge in [0.05, 0.1) is 12.2 Å². The minimum Gasteiger partial charge on any atom is -0.297 e. The number of Topliss-reactive ketones (excluding diaryl/α,β-unsaturated/α-hetero) is 1. The van der Waals surface area contributed by atoms with E-state index in [1.165, 1.54) is 6.42 Å². The molecule has 2 aromatic carbocycles. The zero-order chi connectivity index (χ0) is 28.1. The smallest absolute Gasteiger partial charge is 0.297 e. The van der Waals surface area contributed by atoms with Crippen LogP contribution in [-0.4, -0.2) is 25.5 Å². The minimum absolute atomic E-state index is 0.0498. The van der Waals surface area contributed by atoms with Crippen LogP contribution in [0, 0.1) is 12.8 Å². The van der Waals surface area contributed by atoms with E-state index in [0.717, 1.165) is 72.9 Å². The van der Waals surface area contributed by atoms with E-state index in [-0.39, 0.29) is 23.8 Å². The Bertz CT molecular complexity index is 1590.